The second-order valence-electron chi connectivity index (χ2n) is 11.1. The van der Waals surface area contributed by atoms with Crippen LogP contribution in [-0.4, -0.2) is 43.1 Å². The van der Waals surface area contributed by atoms with Crippen LogP contribution in [0.3, 0.4) is 0 Å². The maximum atomic E-state index is 15.3. The Labute approximate surface area is 250 Å². The molecule has 1 aromatic carbocycles. The molecule has 1 saturated carbocycles. The standard InChI is InChI=1S/C31H21F6N3OS2/c1-15-13-19-23-24(30(34,35)31(36,37)29(23,32)33)20-14-21(43-28(20,3)27(19,2)42-15)16-6-8-18(9-7-16)26(41)40-22-11-10-17-5-4-12-38-25(17)39-22/h4-14H,1-3H3,(H,38,39,40,41). The van der Waals surface area contributed by atoms with E-state index >= 15 is 17.6 Å². The van der Waals surface area contributed by atoms with Gasteiger partial charge in [0.15, 0.2) is 5.65 Å². The summed E-state index contributed by atoms with van der Waals surface area (Å²) in [4.78, 5) is 22.4. The van der Waals surface area contributed by atoms with E-state index in [1.165, 1.54) is 47.8 Å². The zero-order valence-corrected chi connectivity index (χ0v) is 24.4. The van der Waals surface area contributed by atoms with Gasteiger partial charge >= 0.3 is 17.8 Å². The Morgan fingerprint density at radius 1 is 0.814 bits per heavy atom. The number of benzene rings is 1. The van der Waals surface area contributed by atoms with Gasteiger partial charge in [0.1, 0.15) is 5.82 Å². The van der Waals surface area contributed by atoms with E-state index in [9.17, 15) is 13.6 Å². The Morgan fingerprint density at radius 2 is 1.44 bits per heavy atom. The van der Waals surface area contributed by atoms with Crippen molar-refractivity contribution in [3.05, 3.63) is 105 Å². The molecule has 2 atom stereocenters. The number of nitrogens with one attached hydrogen (secondary N) is 1. The molecule has 7 rings (SSSR count). The van der Waals surface area contributed by atoms with Gasteiger partial charge in [-0.2, -0.15) is 26.3 Å². The predicted octanol–water partition coefficient (Wildman–Crippen LogP) is 8.66. The predicted molar refractivity (Wildman–Crippen MR) is 157 cm³/mol. The third-order valence-electron chi connectivity index (χ3n) is 8.58. The van der Waals surface area contributed by atoms with Gasteiger partial charge in [0.2, 0.25) is 0 Å². The van der Waals surface area contributed by atoms with E-state index in [-0.39, 0.29) is 16.7 Å². The van der Waals surface area contributed by atoms with Crippen molar-refractivity contribution in [2.24, 2.45) is 0 Å². The zero-order chi connectivity index (χ0) is 30.7. The number of carbonyl (C=O) groups excluding carboxylic acids is 1. The summed E-state index contributed by atoms with van der Waals surface area (Å²) in [6.45, 7) is 4.93. The highest BCUT2D eigenvalue weighted by molar-refractivity contribution is 8.12. The fraction of sp³-hybridized carbons (Fsp3) is 0.258. The van der Waals surface area contributed by atoms with Crippen molar-refractivity contribution in [1.29, 1.82) is 0 Å². The van der Waals surface area contributed by atoms with Crippen LogP contribution in [0.2, 0.25) is 0 Å². The molecule has 2 unspecified atom stereocenters. The molecule has 3 aromatic rings. The molecular formula is C31H21F6N3OS2. The molecular weight excluding hydrogens is 608 g/mol. The number of anilines is 1. The highest BCUT2D eigenvalue weighted by Crippen LogP contribution is 2.74. The van der Waals surface area contributed by atoms with Crippen molar-refractivity contribution < 1.29 is 31.1 Å². The number of amides is 1. The van der Waals surface area contributed by atoms with E-state index in [1.807, 2.05) is 6.07 Å². The molecule has 220 valence electrons. The first kappa shape index (κ1) is 28.3. The Bertz CT molecular complexity index is 1900. The smallest absolute Gasteiger partial charge is 0.306 e. The van der Waals surface area contributed by atoms with Crippen LogP contribution in [0.5, 0.6) is 0 Å². The van der Waals surface area contributed by atoms with Crippen molar-refractivity contribution in [1.82, 2.24) is 9.97 Å². The van der Waals surface area contributed by atoms with Gasteiger partial charge in [0.25, 0.3) is 5.91 Å². The van der Waals surface area contributed by atoms with Gasteiger partial charge < -0.3 is 5.32 Å². The minimum atomic E-state index is -5.59. The highest BCUT2D eigenvalue weighted by atomic mass is 32.2. The van der Waals surface area contributed by atoms with Gasteiger partial charge in [0.05, 0.1) is 9.49 Å². The summed E-state index contributed by atoms with van der Waals surface area (Å²) in [5.41, 5.74) is -1.71. The lowest BCUT2D eigenvalue weighted by Crippen LogP contribution is -2.48. The first-order valence-corrected chi connectivity index (χ1v) is 14.8. The molecule has 0 radical (unpaired) electrons. The van der Waals surface area contributed by atoms with E-state index < -0.39 is 44.3 Å². The summed E-state index contributed by atoms with van der Waals surface area (Å²) in [6.07, 6.45) is 4.25. The fourth-order valence-corrected chi connectivity index (χ4v) is 9.32. The molecule has 0 saturated heterocycles. The SMILES string of the molecule is CC1=CC2=C3C(=C4C=C(c5ccc(C(=O)Nc6ccc7cccnc7n6)cc5)SC4(C)C2(C)S1)C(F)(F)C(F)(F)C3(F)F. The molecule has 1 amide bonds. The number of allylic oxidation sites excluding steroid dienone is 5. The second-order valence-corrected chi connectivity index (χ2v) is 14.2. The summed E-state index contributed by atoms with van der Waals surface area (Å²) >= 11 is 2.38. The third-order valence-corrected chi connectivity index (χ3v) is 11.8. The number of carbonyl (C=O) groups is 1. The monoisotopic (exact) mass is 629 g/mol. The molecule has 1 N–H and O–H groups in total. The Morgan fingerprint density at radius 3 is 2.12 bits per heavy atom. The van der Waals surface area contributed by atoms with Crippen LogP contribution in [-0.2, 0) is 0 Å². The molecule has 2 aliphatic heterocycles. The number of fused-ring (bicyclic) bond motifs is 5. The van der Waals surface area contributed by atoms with E-state index in [1.54, 1.807) is 57.3 Å². The molecule has 2 aromatic heterocycles. The largest absolute Gasteiger partial charge is 0.380 e. The molecule has 0 bridgehead atoms. The van der Waals surface area contributed by atoms with Crippen molar-refractivity contribution in [3.63, 3.8) is 0 Å². The molecule has 0 spiro atoms. The number of alkyl halides is 6. The number of rotatable bonds is 3. The van der Waals surface area contributed by atoms with Gasteiger partial charge in [-0.15, -0.1) is 23.5 Å². The molecule has 12 heteroatoms. The van der Waals surface area contributed by atoms with Crippen LogP contribution in [0.1, 0.15) is 36.7 Å². The maximum Gasteiger partial charge on any atom is 0.380 e. The molecule has 4 nitrogen and oxygen atoms in total. The highest BCUT2D eigenvalue weighted by Gasteiger charge is 2.84. The lowest BCUT2D eigenvalue weighted by atomic mass is 9.71. The van der Waals surface area contributed by atoms with Crippen LogP contribution < -0.4 is 5.32 Å². The van der Waals surface area contributed by atoms with E-state index in [0.29, 0.717) is 26.8 Å². The quantitative estimate of drug-likeness (QED) is 0.294. The van der Waals surface area contributed by atoms with Gasteiger partial charge in [-0.05, 0) is 90.9 Å². The van der Waals surface area contributed by atoms with Gasteiger partial charge in [-0.1, -0.05) is 12.1 Å². The summed E-state index contributed by atoms with van der Waals surface area (Å²) in [5, 5.41) is 3.52. The van der Waals surface area contributed by atoms with Gasteiger partial charge in [0, 0.05) is 33.2 Å². The summed E-state index contributed by atoms with van der Waals surface area (Å²) < 4.78 is 88.2. The maximum absolute atomic E-state index is 15.3. The Kier molecular flexibility index (Phi) is 5.77. The topological polar surface area (TPSA) is 54.9 Å². The van der Waals surface area contributed by atoms with Crippen LogP contribution in [0, 0.1) is 0 Å². The van der Waals surface area contributed by atoms with Gasteiger partial charge in [-0.25, -0.2) is 9.97 Å². The minimum Gasteiger partial charge on any atom is -0.306 e. The molecule has 2 aliphatic carbocycles. The molecule has 4 aliphatic rings. The van der Waals surface area contributed by atoms with Crippen LogP contribution in [0.4, 0.5) is 32.2 Å². The zero-order valence-electron chi connectivity index (χ0n) is 22.7. The Balaban J connectivity index is 1.26. The second kappa shape index (κ2) is 8.78. The average Bonchev–Trinajstić information content (AvgIpc) is 3.51. The lowest BCUT2D eigenvalue weighted by molar-refractivity contribution is -0.258. The minimum absolute atomic E-state index is 0.190. The van der Waals surface area contributed by atoms with Crippen molar-refractivity contribution in [2.45, 2.75) is 48.0 Å². The lowest BCUT2D eigenvalue weighted by Gasteiger charge is -2.47. The van der Waals surface area contributed by atoms with Crippen LogP contribution in [0.25, 0.3) is 15.9 Å². The van der Waals surface area contributed by atoms with E-state index in [0.717, 1.165) is 5.39 Å². The van der Waals surface area contributed by atoms with Crippen molar-refractivity contribution >= 4 is 51.2 Å². The Hall–Kier alpha value is -3.51. The van der Waals surface area contributed by atoms with Crippen molar-refractivity contribution in [3.8, 4) is 0 Å². The summed E-state index contributed by atoms with van der Waals surface area (Å²) in [6, 6.07) is 13.3. The van der Waals surface area contributed by atoms with E-state index in [2.05, 4.69) is 15.3 Å². The first-order valence-electron chi connectivity index (χ1n) is 13.2. The third kappa shape index (κ3) is 3.59. The normalized spacial score (nSPS) is 27.9. The number of thioether (sulfide) groups is 2. The van der Waals surface area contributed by atoms with Crippen LogP contribution in [0.15, 0.2) is 94.1 Å². The summed E-state index contributed by atoms with van der Waals surface area (Å²) in [7, 11) is 0. The molecule has 1 fully saturated rings. The average molecular weight is 630 g/mol. The number of aromatic nitrogens is 2. The van der Waals surface area contributed by atoms with Gasteiger partial charge in [-0.3, -0.25) is 4.79 Å². The van der Waals surface area contributed by atoms with Crippen LogP contribution >= 0.6 is 23.5 Å². The fourth-order valence-electron chi connectivity index (χ4n) is 6.22. The number of nitrogens with zero attached hydrogens (tertiary/aromatic N) is 2. The first-order chi connectivity index (χ1) is 20.1. The number of hydrogen-bond acceptors (Lipinski definition) is 5. The molecule has 43 heavy (non-hydrogen) atoms. The summed E-state index contributed by atoms with van der Waals surface area (Å²) in [5.74, 6) is -15.9. The molecule has 4 heterocycles. The number of halogens is 6. The number of hydrogen-bond donors (Lipinski definition) is 1. The van der Waals surface area contributed by atoms with Crippen molar-refractivity contribution in [2.75, 3.05) is 5.32 Å². The van der Waals surface area contributed by atoms with E-state index in [4.69, 9.17) is 0 Å². The number of pyridine rings is 2.